The molecule has 7 nitrogen and oxygen atoms in total. The highest BCUT2D eigenvalue weighted by molar-refractivity contribution is 5.94. The number of hydrogen-bond donors (Lipinski definition) is 2. The Labute approximate surface area is 153 Å². The van der Waals surface area contributed by atoms with E-state index < -0.39 is 11.9 Å². The van der Waals surface area contributed by atoms with Crippen LogP contribution in [0.4, 0.5) is 4.39 Å². The molecular formula is C19H15FN4O3. The largest absolute Gasteiger partial charge is 0.465 e. The number of halogens is 1. The molecule has 0 saturated carbocycles. The van der Waals surface area contributed by atoms with Crippen molar-refractivity contribution in [3.8, 4) is 11.3 Å². The van der Waals surface area contributed by atoms with E-state index in [9.17, 15) is 14.0 Å². The fourth-order valence-electron chi connectivity index (χ4n) is 2.26. The van der Waals surface area contributed by atoms with E-state index in [0.29, 0.717) is 22.4 Å². The molecule has 3 aromatic rings. The Kier molecular flexibility index (Phi) is 5.36. The second-order valence-corrected chi connectivity index (χ2v) is 5.49. The maximum absolute atomic E-state index is 13.0. The number of nitrogens with zero attached hydrogens (tertiary/aromatic N) is 2. The number of hydrogen-bond acceptors (Lipinski definition) is 5. The Bertz CT molecular complexity index is 979. The molecular weight excluding hydrogens is 351 g/mol. The summed E-state index contributed by atoms with van der Waals surface area (Å²) in [5, 5.41) is 10.5. The molecule has 1 aromatic heterocycles. The smallest absolute Gasteiger partial charge is 0.337 e. The maximum atomic E-state index is 13.0. The van der Waals surface area contributed by atoms with Gasteiger partial charge in [0.15, 0.2) is 0 Å². The van der Waals surface area contributed by atoms with Crippen LogP contribution in [0.15, 0.2) is 59.7 Å². The second-order valence-electron chi connectivity index (χ2n) is 5.49. The molecule has 0 atom stereocenters. The van der Waals surface area contributed by atoms with Crippen molar-refractivity contribution in [2.45, 2.75) is 0 Å². The summed E-state index contributed by atoms with van der Waals surface area (Å²) < 4.78 is 17.6. The summed E-state index contributed by atoms with van der Waals surface area (Å²) in [6, 6.07) is 13.9. The average molecular weight is 366 g/mol. The molecule has 27 heavy (non-hydrogen) atoms. The second kappa shape index (κ2) is 8.05. The number of amides is 1. The van der Waals surface area contributed by atoms with E-state index in [2.05, 4.69) is 25.5 Å². The van der Waals surface area contributed by atoms with Crippen LogP contribution in [-0.2, 0) is 4.74 Å². The predicted octanol–water partition coefficient (Wildman–Crippen LogP) is 2.77. The van der Waals surface area contributed by atoms with Crippen LogP contribution in [0.1, 0.15) is 26.4 Å². The van der Waals surface area contributed by atoms with Gasteiger partial charge in [-0.3, -0.25) is 9.89 Å². The van der Waals surface area contributed by atoms with Crippen molar-refractivity contribution in [3.05, 3.63) is 77.2 Å². The predicted molar refractivity (Wildman–Crippen MR) is 96.8 cm³/mol. The van der Waals surface area contributed by atoms with Gasteiger partial charge in [-0.15, -0.1) is 0 Å². The number of hydrazone groups is 1. The highest BCUT2D eigenvalue weighted by Crippen LogP contribution is 2.17. The van der Waals surface area contributed by atoms with E-state index in [1.807, 2.05) is 0 Å². The zero-order valence-corrected chi connectivity index (χ0v) is 14.3. The third-order valence-corrected chi connectivity index (χ3v) is 3.67. The van der Waals surface area contributed by atoms with Crippen LogP contribution >= 0.6 is 0 Å². The third-order valence-electron chi connectivity index (χ3n) is 3.67. The molecule has 0 aliphatic heterocycles. The minimum Gasteiger partial charge on any atom is -0.465 e. The summed E-state index contributed by atoms with van der Waals surface area (Å²) >= 11 is 0. The summed E-state index contributed by atoms with van der Waals surface area (Å²) in [4.78, 5) is 23.5. The lowest BCUT2D eigenvalue weighted by Crippen LogP contribution is -2.18. The number of carbonyl (C=O) groups excluding carboxylic acids is 2. The molecule has 0 spiro atoms. The number of aromatic nitrogens is 2. The Morgan fingerprint density at radius 1 is 1.15 bits per heavy atom. The Hall–Kier alpha value is -3.81. The summed E-state index contributed by atoms with van der Waals surface area (Å²) in [5.41, 5.74) is 4.91. The van der Waals surface area contributed by atoms with Crippen molar-refractivity contribution in [2.24, 2.45) is 5.10 Å². The monoisotopic (exact) mass is 366 g/mol. The zero-order valence-electron chi connectivity index (χ0n) is 14.3. The zero-order chi connectivity index (χ0) is 19.2. The van der Waals surface area contributed by atoms with Crippen LogP contribution < -0.4 is 5.43 Å². The lowest BCUT2D eigenvalue weighted by molar-refractivity contribution is 0.0600. The van der Waals surface area contributed by atoms with Crippen LogP contribution in [0, 0.1) is 5.82 Å². The highest BCUT2D eigenvalue weighted by Gasteiger charge is 2.10. The van der Waals surface area contributed by atoms with Crippen molar-refractivity contribution in [1.82, 2.24) is 15.6 Å². The summed E-state index contributed by atoms with van der Waals surface area (Å²) in [6.07, 6.45) is 1.44. The quantitative estimate of drug-likeness (QED) is 0.412. The van der Waals surface area contributed by atoms with Gasteiger partial charge in [-0.25, -0.2) is 14.6 Å². The van der Waals surface area contributed by atoms with Crippen molar-refractivity contribution in [3.63, 3.8) is 0 Å². The number of benzene rings is 2. The average Bonchev–Trinajstić information content (AvgIpc) is 3.19. The number of rotatable bonds is 5. The standard InChI is InChI=1S/C19H15FN4O3/c1-27-19(26)14-4-2-12(3-5-14)11-21-24-18(25)17-10-16(22-23-17)13-6-8-15(20)9-7-13/h2-11H,1H3,(H,22,23)(H,24,25)/b21-11+. The molecule has 1 amide bonds. The number of H-pyrrole nitrogens is 1. The fraction of sp³-hybridized carbons (Fsp3) is 0.0526. The minimum atomic E-state index is -0.474. The number of nitrogens with one attached hydrogen (secondary N) is 2. The normalized spacial score (nSPS) is 10.7. The number of aromatic amines is 1. The molecule has 0 aliphatic carbocycles. The van der Waals surface area contributed by atoms with Gasteiger partial charge in [-0.2, -0.15) is 10.2 Å². The van der Waals surface area contributed by atoms with Crippen molar-refractivity contribution >= 4 is 18.1 Å². The molecule has 0 unspecified atom stereocenters. The first-order valence-electron chi connectivity index (χ1n) is 7.90. The van der Waals surface area contributed by atoms with Crippen LogP contribution in [-0.4, -0.2) is 35.4 Å². The lowest BCUT2D eigenvalue weighted by atomic mass is 10.1. The first-order valence-corrected chi connectivity index (χ1v) is 7.90. The Balaban J connectivity index is 1.61. The molecule has 2 aromatic carbocycles. The molecule has 2 N–H and O–H groups in total. The van der Waals surface area contributed by atoms with Crippen LogP contribution in [0.25, 0.3) is 11.3 Å². The van der Waals surface area contributed by atoms with E-state index in [1.165, 1.54) is 25.5 Å². The summed E-state index contributed by atoms with van der Waals surface area (Å²) in [6.45, 7) is 0. The van der Waals surface area contributed by atoms with Crippen molar-refractivity contribution in [2.75, 3.05) is 7.11 Å². The molecule has 136 valence electrons. The summed E-state index contributed by atoms with van der Waals surface area (Å²) in [7, 11) is 1.31. The molecule has 0 saturated heterocycles. The first-order chi connectivity index (χ1) is 13.1. The van der Waals surface area contributed by atoms with Crippen LogP contribution in [0.2, 0.25) is 0 Å². The van der Waals surface area contributed by atoms with E-state index in [-0.39, 0.29) is 11.5 Å². The molecule has 1 heterocycles. The van der Waals surface area contributed by atoms with Crippen LogP contribution in [0.3, 0.4) is 0 Å². The van der Waals surface area contributed by atoms with Gasteiger partial charge in [-0.05, 0) is 48.0 Å². The van der Waals surface area contributed by atoms with E-state index in [1.54, 1.807) is 42.5 Å². The van der Waals surface area contributed by atoms with E-state index >= 15 is 0 Å². The molecule has 8 heteroatoms. The number of esters is 1. The number of carbonyl (C=O) groups is 2. The molecule has 0 aliphatic rings. The van der Waals surface area contributed by atoms with Gasteiger partial charge in [0.25, 0.3) is 5.91 Å². The minimum absolute atomic E-state index is 0.215. The Morgan fingerprint density at radius 2 is 1.85 bits per heavy atom. The highest BCUT2D eigenvalue weighted by atomic mass is 19.1. The molecule has 3 rings (SSSR count). The van der Waals surface area contributed by atoms with Gasteiger partial charge < -0.3 is 4.74 Å². The number of methoxy groups -OCH3 is 1. The van der Waals surface area contributed by atoms with Crippen molar-refractivity contribution in [1.29, 1.82) is 0 Å². The van der Waals surface area contributed by atoms with Gasteiger partial charge in [0, 0.05) is 5.56 Å². The van der Waals surface area contributed by atoms with E-state index in [0.717, 1.165) is 0 Å². The van der Waals surface area contributed by atoms with Crippen molar-refractivity contribution < 1.29 is 18.7 Å². The van der Waals surface area contributed by atoms with Gasteiger partial charge in [0.1, 0.15) is 11.5 Å². The first kappa shape index (κ1) is 18.0. The topological polar surface area (TPSA) is 96.4 Å². The summed E-state index contributed by atoms with van der Waals surface area (Å²) in [5.74, 6) is -1.25. The third kappa shape index (κ3) is 4.43. The Morgan fingerprint density at radius 3 is 2.52 bits per heavy atom. The fourth-order valence-corrected chi connectivity index (χ4v) is 2.26. The molecule has 0 fully saturated rings. The van der Waals surface area contributed by atoms with Gasteiger partial charge in [0.2, 0.25) is 0 Å². The molecule has 0 radical (unpaired) electrons. The maximum Gasteiger partial charge on any atom is 0.337 e. The molecule has 0 bridgehead atoms. The van der Waals surface area contributed by atoms with E-state index in [4.69, 9.17) is 0 Å². The number of ether oxygens (including phenoxy) is 1. The van der Waals surface area contributed by atoms with Crippen LogP contribution in [0.5, 0.6) is 0 Å². The SMILES string of the molecule is COC(=O)c1ccc(/C=N/NC(=O)c2cc(-c3ccc(F)cc3)n[nH]2)cc1. The van der Waals surface area contributed by atoms with Gasteiger partial charge in [0.05, 0.1) is 24.6 Å². The lowest BCUT2D eigenvalue weighted by Gasteiger charge is -1.99. The van der Waals surface area contributed by atoms with Gasteiger partial charge >= 0.3 is 5.97 Å². The van der Waals surface area contributed by atoms with Gasteiger partial charge in [-0.1, -0.05) is 12.1 Å².